The van der Waals surface area contributed by atoms with E-state index in [1.165, 1.54) is 24.8 Å². The molecule has 2 aliphatic rings. The Hall–Kier alpha value is -0.380. The molecule has 0 amide bonds. The van der Waals surface area contributed by atoms with E-state index < -0.39 is 0 Å². The summed E-state index contributed by atoms with van der Waals surface area (Å²) < 4.78 is 7.46. The predicted octanol–water partition coefficient (Wildman–Crippen LogP) is 4.64. The molecule has 2 fully saturated rings. The molecule has 2 N–H and O–H groups in total. The normalized spacial score (nSPS) is 33.6. The summed E-state index contributed by atoms with van der Waals surface area (Å²) in [5.41, 5.74) is 8.80. The molecule has 2 aliphatic carbocycles. The number of rotatable bonds is 4. The van der Waals surface area contributed by atoms with Crippen molar-refractivity contribution in [2.24, 2.45) is 22.5 Å². The molecule has 116 valence electrons. The van der Waals surface area contributed by atoms with Gasteiger partial charge in [-0.25, -0.2) is 0 Å². The Labute approximate surface area is 136 Å². The molecule has 2 nitrogen and oxygen atoms in total. The molecular weight excluding hydrogens is 326 g/mol. The van der Waals surface area contributed by atoms with Crippen molar-refractivity contribution in [2.75, 3.05) is 0 Å². The molecule has 0 radical (unpaired) electrons. The summed E-state index contributed by atoms with van der Waals surface area (Å²) in [5, 5.41) is 0. The molecule has 3 heteroatoms. The number of hydrogen-bond acceptors (Lipinski definition) is 2. The minimum absolute atomic E-state index is 0.335. The molecule has 2 saturated carbocycles. The summed E-state index contributed by atoms with van der Waals surface area (Å²) in [6.45, 7) is 8.56. The number of hydrogen-bond donors (Lipinski definition) is 1. The number of benzene rings is 1. The predicted molar refractivity (Wildman–Crippen MR) is 89.8 cm³/mol. The molecule has 0 aromatic heterocycles. The summed E-state index contributed by atoms with van der Waals surface area (Å²) in [4.78, 5) is 0. The van der Waals surface area contributed by atoms with Crippen molar-refractivity contribution in [1.29, 1.82) is 0 Å². The highest BCUT2D eigenvalue weighted by atomic mass is 79.9. The Balaban J connectivity index is 1.69. The fourth-order valence-corrected chi connectivity index (χ4v) is 4.95. The second kappa shape index (κ2) is 5.36. The first-order valence-electron chi connectivity index (χ1n) is 7.97. The Morgan fingerprint density at radius 3 is 2.62 bits per heavy atom. The zero-order chi connectivity index (χ0) is 15.3. The molecule has 3 atom stereocenters. The van der Waals surface area contributed by atoms with E-state index in [2.05, 4.69) is 54.9 Å². The molecule has 0 heterocycles. The van der Waals surface area contributed by atoms with Crippen molar-refractivity contribution in [1.82, 2.24) is 0 Å². The molecule has 21 heavy (non-hydrogen) atoms. The zero-order valence-corrected chi connectivity index (χ0v) is 14.9. The smallest absolute Gasteiger partial charge is 0.0731 e. The largest absolute Gasteiger partial charge is 0.373 e. The van der Waals surface area contributed by atoms with Gasteiger partial charge in [0, 0.05) is 11.0 Å². The Bertz CT molecular complexity index is 542. The topological polar surface area (TPSA) is 35.2 Å². The van der Waals surface area contributed by atoms with Crippen molar-refractivity contribution >= 4 is 15.9 Å². The van der Waals surface area contributed by atoms with Gasteiger partial charge in [0.1, 0.15) is 0 Å². The molecule has 0 spiro atoms. The van der Waals surface area contributed by atoms with Crippen LogP contribution >= 0.6 is 15.9 Å². The molecule has 0 aliphatic heterocycles. The van der Waals surface area contributed by atoms with E-state index in [0.29, 0.717) is 30.1 Å². The van der Waals surface area contributed by atoms with Gasteiger partial charge in [-0.3, -0.25) is 0 Å². The van der Waals surface area contributed by atoms with Crippen LogP contribution in [0.3, 0.4) is 0 Å². The van der Waals surface area contributed by atoms with Gasteiger partial charge < -0.3 is 10.5 Å². The lowest BCUT2D eigenvalue weighted by atomic mass is 9.70. The lowest BCUT2D eigenvalue weighted by Gasteiger charge is -2.39. The third-order valence-electron chi connectivity index (χ3n) is 6.51. The van der Waals surface area contributed by atoms with Crippen LogP contribution in [0.5, 0.6) is 0 Å². The molecule has 3 unspecified atom stereocenters. The van der Waals surface area contributed by atoms with Crippen LogP contribution in [0, 0.1) is 16.7 Å². The van der Waals surface area contributed by atoms with Gasteiger partial charge in [0.25, 0.3) is 0 Å². The average Bonchev–Trinajstić information content (AvgIpc) is 2.78. The summed E-state index contributed by atoms with van der Waals surface area (Å²) in [7, 11) is 0. The van der Waals surface area contributed by atoms with E-state index in [1.807, 2.05) is 0 Å². The van der Waals surface area contributed by atoms with Crippen LogP contribution in [0.2, 0.25) is 0 Å². The highest BCUT2D eigenvalue weighted by Gasteiger charge is 2.61. The number of halogens is 1. The second-order valence-electron chi connectivity index (χ2n) is 7.54. The van der Waals surface area contributed by atoms with Crippen LogP contribution in [0.1, 0.15) is 51.2 Å². The van der Waals surface area contributed by atoms with E-state index in [9.17, 15) is 0 Å². The minimum Gasteiger partial charge on any atom is -0.373 e. The van der Waals surface area contributed by atoms with E-state index in [0.717, 1.165) is 16.0 Å². The van der Waals surface area contributed by atoms with Crippen LogP contribution in [-0.2, 0) is 17.9 Å². The molecule has 2 bridgehead atoms. The third kappa shape index (κ3) is 2.38. The van der Waals surface area contributed by atoms with Gasteiger partial charge in [-0.15, -0.1) is 0 Å². The van der Waals surface area contributed by atoms with Gasteiger partial charge in [-0.05, 0) is 53.2 Å². The lowest BCUT2D eigenvalue weighted by molar-refractivity contribution is -0.0552. The molecule has 1 aromatic rings. The maximum Gasteiger partial charge on any atom is 0.0731 e. The van der Waals surface area contributed by atoms with Crippen LogP contribution in [0.25, 0.3) is 0 Å². The fraction of sp³-hybridized carbons (Fsp3) is 0.667. The fourth-order valence-electron chi connectivity index (χ4n) is 4.41. The van der Waals surface area contributed by atoms with Gasteiger partial charge in [0.2, 0.25) is 0 Å². The highest BCUT2D eigenvalue weighted by molar-refractivity contribution is 9.10. The quantitative estimate of drug-likeness (QED) is 0.857. The van der Waals surface area contributed by atoms with Gasteiger partial charge in [0.05, 0.1) is 12.7 Å². The molecule has 0 saturated heterocycles. The maximum atomic E-state index is 6.35. The highest BCUT2D eigenvalue weighted by Crippen LogP contribution is 2.66. The van der Waals surface area contributed by atoms with Crippen molar-refractivity contribution in [3.63, 3.8) is 0 Å². The third-order valence-corrected chi connectivity index (χ3v) is 7.25. The van der Waals surface area contributed by atoms with E-state index in [-0.39, 0.29) is 0 Å². The first-order chi connectivity index (χ1) is 9.88. The van der Waals surface area contributed by atoms with Crippen LogP contribution in [-0.4, -0.2) is 6.10 Å². The Kier molecular flexibility index (Phi) is 3.96. The number of nitrogens with two attached hydrogens (primary N) is 1. The summed E-state index contributed by atoms with van der Waals surface area (Å²) in [6.07, 6.45) is 4.30. The van der Waals surface area contributed by atoms with Gasteiger partial charge >= 0.3 is 0 Å². The van der Waals surface area contributed by atoms with Crippen LogP contribution in [0.15, 0.2) is 22.7 Å². The molecule has 1 aromatic carbocycles. The monoisotopic (exact) mass is 351 g/mol. The van der Waals surface area contributed by atoms with Gasteiger partial charge in [-0.2, -0.15) is 0 Å². The van der Waals surface area contributed by atoms with Gasteiger partial charge in [0.15, 0.2) is 0 Å². The van der Waals surface area contributed by atoms with Crippen molar-refractivity contribution < 1.29 is 4.74 Å². The van der Waals surface area contributed by atoms with E-state index in [4.69, 9.17) is 10.5 Å². The number of fused-ring (bicyclic) bond motifs is 2. The molecular formula is C18H26BrNO. The van der Waals surface area contributed by atoms with Gasteiger partial charge in [-0.1, -0.05) is 48.8 Å². The van der Waals surface area contributed by atoms with Crippen molar-refractivity contribution in [2.45, 2.75) is 59.3 Å². The van der Waals surface area contributed by atoms with Crippen LogP contribution < -0.4 is 5.73 Å². The lowest BCUT2D eigenvalue weighted by Crippen LogP contribution is -2.37. The molecule has 3 rings (SSSR count). The first-order valence-corrected chi connectivity index (χ1v) is 8.77. The summed E-state index contributed by atoms with van der Waals surface area (Å²) >= 11 is 3.64. The maximum absolute atomic E-state index is 6.35. The van der Waals surface area contributed by atoms with Crippen molar-refractivity contribution in [3.8, 4) is 0 Å². The SMILES string of the molecule is CC1(C)C2CCC1(C)C(OCc1ccc(CN)cc1Br)C2. The standard InChI is InChI=1S/C18H26BrNO/c1-17(2)14-6-7-18(17,3)16(9-14)21-11-13-5-4-12(10-20)8-15(13)19/h4-5,8,14,16H,6-7,9-11,20H2,1-3H3. The Morgan fingerprint density at radius 1 is 1.33 bits per heavy atom. The first kappa shape index (κ1) is 15.5. The summed E-state index contributed by atoms with van der Waals surface area (Å²) in [6, 6.07) is 6.33. The summed E-state index contributed by atoms with van der Waals surface area (Å²) in [5.74, 6) is 0.829. The minimum atomic E-state index is 0.335. The van der Waals surface area contributed by atoms with E-state index >= 15 is 0 Å². The Morgan fingerprint density at radius 2 is 2.10 bits per heavy atom. The van der Waals surface area contributed by atoms with E-state index in [1.54, 1.807) is 0 Å². The zero-order valence-electron chi connectivity index (χ0n) is 13.3. The second-order valence-corrected chi connectivity index (χ2v) is 8.39. The van der Waals surface area contributed by atoms with Crippen LogP contribution in [0.4, 0.5) is 0 Å². The van der Waals surface area contributed by atoms with Crippen molar-refractivity contribution in [3.05, 3.63) is 33.8 Å². The number of ether oxygens (including phenoxy) is 1. The average molecular weight is 352 g/mol.